The summed E-state index contributed by atoms with van der Waals surface area (Å²) in [6.45, 7) is 3.65. The van der Waals surface area contributed by atoms with E-state index in [2.05, 4.69) is 0 Å². The molecule has 15 heavy (non-hydrogen) atoms. The summed E-state index contributed by atoms with van der Waals surface area (Å²) >= 11 is 0. The van der Waals surface area contributed by atoms with Gasteiger partial charge < -0.3 is 20.3 Å². The maximum Gasteiger partial charge on any atom is 0.323 e. The molecule has 1 fully saturated rings. The third-order valence-electron chi connectivity index (χ3n) is 2.79. The van der Waals surface area contributed by atoms with E-state index in [1.807, 2.05) is 0 Å². The molecule has 0 aromatic carbocycles. The van der Waals surface area contributed by atoms with Gasteiger partial charge in [-0.2, -0.15) is 0 Å². The second kappa shape index (κ2) is 5.44. The van der Waals surface area contributed by atoms with Crippen LogP contribution in [0.5, 0.6) is 0 Å². The van der Waals surface area contributed by atoms with Gasteiger partial charge in [-0.1, -0.05) is 6.92 Å². The molecule has 0 aromatic heterocycles. The number of aliphatic carboxylic acids is 1. The summed E-state index contributed by atoms with van der Waals surface area (Å²) in [6.07, 6.45) is 1.76. The van der Waals surface area contributed by atoms with E-state index in [1.54, 1.807) is 6.92 Å². The lowest BCUT2D eigenvalue weighted by Crippen LogP contribution is -2.47. The number of carboxylic acid groups (broad SMARTS) is 1. The van der Waals surface area contributed by atoms with Crippen LogP contribution in [0.15, 0.2) is 0 Å². The molecule has 1 aliphatic heterocycles. The van der Waals surface area contributed by atoms with Gasteiger partial charge in [0.1, 0.15) is 11.6 Å². The van der Waals surface area contributed by atoms with Gasteiger partial charge in [0.05, 0.1) is 13.2 Å². The summed E-state index contributed by atoms with van der Waals surface area (Å²) in [5.74, 6) is -0.933. The van der Waals surface area contributed by atoms with Gasteiger partial charge in [-0.25, -0.2) is 0 Å². The normalized spacial score (nSPS) is 20.7. The maximum atomic E-state index is 10.9. The van der Waals surface area contributed by atoms with Crippen LogP contribution in [0.2, 0.25) is 0 Å². The highest BCUT2D eigenvalue weighted by Gasteiger charge is 2.31. The number of hydrogen-bond donors (Lipinski definition) is 2. The number of carbonyl (C=O) groups is 1. The molecule has 0 bridgehead atoms. The van der Waals surface area contributed by atoms with E-state index in [1.165, 1.54) is 0 Å². The predicted octanol–water partition coefficient (Wildman–Crippen LogP) is 0.374. The average Bonchev–Trinajstić information content (AvgIpc) is 2.14. The lowest BCUT2D eigenvalue weighted by molar-refractivity contribution is -0.145. The van der Waals surface area contributed by atoms with Crippen LogP contribution in [-0.2, 0) is 14.3 Å². The van der Waals surface area contributed by atoms with Gasteiger partial charge in [-0.3, -0.25) is 4.79 Å². The van der Waals surface area contributed by atoms with Gasteiger partial charge in [0.25, 0.3) is 0 Å². The van der Waals surface area contributed by atoms with E-state index in [0.29, 0.717) is 39.1 Å². The largest absolute Gasteiger partial charge is 0.480 e. The fraction of sp³-hybridized carbons (Fsp3) is 0.900. The molecule has 1 saturated heterocycles. The number of ether oxygens (including phenoxy) is 2. The fourth-order valence-corrected chi connectivity index (χ4v) is 1.38. The quantitative estimate of drug-likeness (QED) is 0.602. The van der Waals surface area contributed by atoms with Gasteiger partial charge in [-0.15, -0.1) is 0 Å². The van der Waals surface area contributed by atoms with E-state index in [0.717, 1.165) is 0 Å². The molecular formula is C10H19NO4. The van der Waals surface area contributed by atoms with Gasteiger partial charge in [0.15, 0.2) is 0 Å². The molecule has 1 atom stereocenters. The van der Waals surface area contributed by atoms with Crippen LogP contribution in [0.4, 0.5) is 0 Å². The SMILES string of the molecule is CCC(N)(CCCOC1COC1)C(=O)O. The second-order valence-electron chi connectivity index (χ2n) is 3.95. The standard InChI is InChI=1S/C10H19NO4/c1-2-10(11,9(12)13)4-3-5-15-8-6-14-7-8/h8H,2-7,11H2,1H3,(H,12,13). The smallest absolute Gasteiger partial charge is 0.323 e. The minimum absolute atomic E-state index is 0.198. The summed E-state index contributed by atoms with van der Waals surface area (Å²) in [7, 11) is 0. The molecule has 0 amide bonds. The van der Waals surface area contributed by atoms with Crippen molar-refractivity contribution < 1.29 is 19.4 Å². The van der Waals surface area contributed by atoms with Gasteiger partial charge in [0.2, 0.25) is 0 Å². The van der Waals surface area contributed by atoms with E-state index < -0.39 is 11.5 Å². The zero-order valence-corrected chi connectivity index (χ0v) is 9.07. The molecule has 3 N–H and O–H groups in total. The Morgan fingerprint density at radius 1 is 1.67 bits per heavy atom. The summed E-state index contributed by atoms with van der Waals surface area (Å²) in [4.78, 5) is 10.9. The van der Waals surface area contributed by atoms with E-state index >= 15 is 0 Å². The molecule has 1 aliphatic rings. The molecule has 0 saturated carbocycles. The van der Waals surface area contributed by atoms with Crippen molar-refractivity contribution >= 4 is 5.97 Å². The predicted molar refractivity (Wildman–Crippen MR) is 54.6 cm³/mol. The molecule has 5 nitrogen and oxygen atoms in total. The molecule has 1 unspecified atom stereocenters. The molecule has 1 heterocycles. The van der Waals surface area contributed by atoms with Crippen LogP contribution in [-0.4, -0.2) is 42.5 Å². The first-order valence-electron chi connectivity index (χ1n) is 5.30. The van der Waals surface area contributed by atoms with Crippen molar-refractivity contribution in [2.75, 3.05) is 19.8 Å². The first-order chi connectivity index (χ1) is 7.08. The highest BCUT2D eigenvalue weighted by Crippen LogP contribution is 2.15. The molecular weight excluding hydrogens is 198 g/mol. The zero-order chi connectivity index (χ0) is 11.3. The highest BCUT2D eigenvalue weighted by molar-refractivity contribution is 5.78. The fourth-order valence-electron chi connectivity index (χ4n) is 1.38. The van der Waals surface area contributed by atoms with Crippen molar-refractivity contribution in [2.24, 2.45) is 5.73 Å². The summed E-state index contributed by atoms with van der Waals surface area (Å²) in [5, 5.41) is 8.91. The Hall–Kier alpha value is -0.650. The van der Waals surface area contributed by atoms with Crippen molar-refractivity contribution in [1.29, 1.82) is 0 Å². The lowest BCUT2D eigenvalue weighted by atomic mass is 9.92. The third kappa shape index (κ3) is 3.44. The summed E-state index contributed by atoms with van der Waals surface area (Å²) < 4.78 is 10.4. The average molecular weight is 217 g/mol. The maximum absolute atomic E-state index is 10.9. The van der Waals surface area contributed by atoms with E-state index in [-0.39, 0.29) is 6.10 Å². The number of hydrogen-bond acceptors (Lipinski definition) is 4. The Bertz CT molecular complexity index is 217. The first kappa shape index (κ1) is 12.4. The summed E-state index contributed by atoms with van der Waals surface area (Å²) in [6, 6.07) is 0. The van der Waals surface area contributed by atoms with Crippen LogP contribution in [0.3, 0.4) is 0 Å². The van der Waals surface area contributed by atoms with Gasteiger partial charge in [-0.05, 0) is 19.3 Å². The molecule has 5 heteroatoms. The van der Waals surface area contributed by atoms with Crippen molar-refractivity contribution in [3.05, 3.63) is 0 Å². The van der Waals surface area contributed by atoms with Crippen LogP contribution in [0.1, 0.15) is 26.2 Å². The summed E-state index contributed by atoms with van der Waals surface area (Å²) in [5.41, 5.74) is 4.63. The lowest BCUT2D eigenvalue weighted by Gasteiger charge is -2.27. The molecule has 0 spiro atoms. The van der Waals surface area contributed by atoms with Crippen molar-refractivity contribution in [3.63, 3.8) is 0 Å². The molecule has 0 aliphatic carbocycles. The Balaban J connectivity index is 2.13. The molecule has 0 radical (unpaired) electrons. The minimum Gasteiger partial charge on any atom is -0.480 e. The monoisotopic (exact) mass is 217 g/mol. The number of nitrogens with two attached hydrogens (primary N) is 1. The van der Waals surface area contributed by atoms with Crippen molar-refractivity contribution in [2.45, 2.75) is 37.8 Å². The third-order valence-corrected chi connectivity index (χ3v) is 2.79. The van der Waals surface area contributed by atoms with Crippen LogP contribution in [0, 0.1) is 0 Å². The van der Waals surface area contributed by atoms with Crippen LogP contribution < -0.4 is 5.73 Å². The number of rotatable bonds is 7. The zero-order valence-electron chi connectivity index (χ0n) is 9.07. The highest BCUT2D eigenvalue weighted by atomic mass is 16.6. The van der Waals surface area contributed by atoms with Gasteiger partial charge in [0, 0.05) is 6.61 Å². The Labute approximate surface area is 89.5 Å². The molecule has 1 rings (SSSR count). The van der Waals surface area contributed by atoms with Crippen LogP contribution >= 0.6 is 0 Å². The van der Waals surface area contributed by atoms with E-state index in [4.69, 9.17) is 20.3 Å². The van der Waals surface area contributed by atoms with Crippen molar-refractivity contribution in [1.82, 2.24) is 0 Å². The first-order valence-corrected chi connectivity index (χ1v) is 5.30. The Morgan fingerprint density at radius 2 is 2.33 bits per heavy atom. The molecule has 0 aromatic rings. The minimum atomic E-state index is -1.10. The Morgan fingerprint density at radius 3 is 2.73 bits per heavy atom. The topological polar surface area (TPSA) is 81.8 Å². The van der Waals surface area contributed by atoms with Crippen LogP contribution in [0.25, 0.3) is 0 Å². The van der Waals surface area contributed by atoms with Crippen molar-refractivity contribution in [3.8, 4) is 0 Å². The number of carboxylic acids is 1. The van der Waals surface area contributed by atoms with Gasteiger partial charge >= 0.3 is 5.97 Å². The Kier molecular flexibility index (Phi) is 4.50. The molecule has 88 valence electrons. The van der Waals surface area contributed by atoms with E-state index in [9.17, 15) is 4.79 Å². The second-order valence-corrected chi connectivity index (χ2v) is 3.95.